The lowest BCUT2D eigenvalue weighted by atomic mass is 9.76. The molecule has 1 heterocycles. The molecule has 120 valence electrons. The fourth-order valence-electron chi connectivity index (χ4n) is 2.14. The van der Waals surface area contributed by atoms with E-state index in [9.17, 15) is 9.50 Å². The number of ether oxygens (including phenoxy) is 1. The number of rotatable bonds is 5. The van der Waals surface area contributed by atoms with Crippen LogP contribution < -0.4 is 4.74 Å². The maximum absolute atomic E-state index is 14.0. The van der Waals surface area contributed by atoms with Crippen LogP contribution in [0.15, 0.2) is 29.9 Å². The Morgan fingerprint density at radius 2 is 2.05 bits per heavy atom. The third-order valence-electron chi connectivity index (χ3n) is 3.92. The summed E-state index contributed by atoms with van der Waals surface area (Å²) in [7, 11) is 0. The van der Waals surface area contributed by atoms with E-state index in [2.05, 4.69) is 4.98 Å². The Labute approximate surface area is 134 Å². The van der Waals surface area contributed by atoms with Crippen molar-refractivity contribution in [2.24, 2.45) is 5.41 Å². The van der Waals surface area contributed by atoms with Gasteiger partial charge in [0, 0.05) is 6.20 Å². The van der Waals surface area contributed by atoms with Crippen LogP contribution in [0.2, 0.25) is 0 Å². The molecular weight excluding hydrogens is 301 g/mol. The SMILES string of the molecule is CCc1ccc(OCC(O)(c2cncs2)C(C)(C)C)c(F)c1. The van der Waals surface area contributed by atoms with Gasteiger partial charge in [-0.1, -0.05) is 33.8 Å². The van der Waals surface area contributed by atoms with Crippen LogP contribution in [0.25, 0.3) is 0 Å². The summed E-state index contributed by atoms with van der Waals surface area (Å²) in [5, 5.41) is 11.1. The predicted octanol–water partition coefficient (Wildman–Crippen LogP) is 4.16. The zero-order valence-electron chi connectivity index (χ0n) is 13.4. The first-order valence-electron chi connectivity index (χ1n) is 7.30. The van der Waals surface area contributed by atoms with Gasteiger partial charge in [0.15, 0.2) is 11.6 Å². The fourth-order valence-corrected chi connectivity index (χ4v) is 3.06. The van der Waals surface area contributed by atoms with Gasteiger partial charge in [0.25, 0.3) is 0 Å². The van der Waals surface area contributed by atoms with E-state index in [1.54, 1.807) is 17.8 Å². The second kappa shape index (κ2) is 6.34. The van der Waals surface area contributed by atoms with Gasteiger partial charge >= 0.3 is 0 Å². The van der Waals surface area contributed by atoms with E-state index in [1.165, 1.54) is 17.4 Å². The molecule has 0 fully saturated rings. The van der Waals surface area contributed by atoms with E-state index in [4.69, 9.17) is 4.74 Å². The summed E-state index contributed by atoms with van der Waals surface area (Å²) in [6.45, 7) is 7.71. The summed E-state index contributed by atoms with van der Waals surface area (Å²) in [6, 6.07) is 4.92. The largest absolute Gasteiger partial charge is 0.487 e. The number of aliphatic hydroxyl groups is 1. The van der Waals surface area contributed by atoms with Crippen molar-refractivity contribution in [3.8, 4) is 5.75 Å². The second-order valence-corrected chi connectivity index (χ2v) is 7.27. The van der Waals surface area contributed by atoms with Gasteiger partial charge in [-0.2, -0.15) is 0 Å². The molecule has 1 N–H and O–H groups in total. The second-order valence-electron chi connectivity index (χ2n) is 6.38. The third-order valence-corrected chi connectivity index (χ3v) is 4.85. The Hall–Kier alpha value is -1.46. The number of aryl methyl sites for hydroxylation is 1. The molecule has 0 aliphatic carbocycles. The van der Waals surface area contributed by atoms with Gasteiger partial charge < -0.3 is 9.84 Å². The molecule has 0 aliphatic heterocycles. The van der Waals surface area contributed by atoms with Crippen molar-refractivity contribution in [2.75, 3.05) is 6.61 Å². The molecule has 1 aromatic carbocycles. The fraction of sp³-hybridized carbons (Fsp3) is 0.471. The third kappa shape index (κ3) is 3.31. The van der Waals surface area contributed by atoms with Crippen molar-refractivity contribution < 1.29 is 14.2 Å². The van der Waals surface area contributed by atoms with E-state index >= 15 is 0 Å². The molecule has 1 aromatic heterocycles. The summed E-state index contributed by atoms with van der Waals surface area (Å²) >= 11 is 1.37. The average molecular weight is 323 g/mol. The molecule has 0 spiro atoms. The number of hydrogen-bond donors (Lipinski definition) is 1. The molecule has 3 nitrogen and oxygen atoms in total. The lowest BCUT2D eigenvalue weighted by molar-refractivity contribution is -0.0923. The van der Waals surface area contributed by atoms with Crippen LogP contribution in [-0.2, 0) is 12.0 Å². The Kier molecular flexibility index (Phi) is 4.87. The summed E-state index contributed by atoms with van der Waals surface area (Å²) in [6.07, 6.45) is 2.40. The van der Waals surface area contributed by atoms with Gasteiger partial charge in [0.1, 0.15) is 12.2 Å². The molecule has 0 saturated carbocycles. The Morgan fingerprint density at radius 1 is 1.32 bits per heavy atom. The number of nitrogens with zero attached hydrogens (tertiary/aromatic N) is 1. The van der Waals surface area contributed by atoms with Crippen molar-refractivity contribution in [3.05, 3.63) is 46.2 Å². The highest BCUT2D eigenvalue weighted by molar-refractivity contribution is 7.09. The Balaban J connectivity index is 2.23. The zero-order chi connectivity index (χ0) is 16.4. The standard InChI is InChI=1S/C17H22FNO2S/c1-5-12-6-7-14(13(18)8-12)21-10-17(20,16(2,3)4)15-9-19-11-22-15/h6-9,11,20H,5,10H2,1-4H3. The van der Waals surface area contributed by atoms with Crippen LogP contribution in [0.1, 0.15) is 38.1 Å². The first-order valence-corrected chi connectivity index (χ1v) is 8.18. The van der Waals surface area contributed by atoms with Crippen LogP contribution in [-0.4, -0.2) is 16.7 Å². The molecule has 2 aromatic rings. The average Bonchev–Trinajstić information content (AvgIpc) is 2.98. The van der Waals surface area contributed by atoms with E-state index in [0.717, 1.165) is 12.0 Å². The van der Waals surface area contributed by atoms with Crippen molar-refractivity contribution in [1.82, 2.24) is 4.98 Å². The molecule has 0 aliphatic rings. The summed E-state index contributed by atoms with van der Waals surface area (Å²) in [4.78, 5) is 4.74. The maximum atomic E-state index is 14.0. The monoisotopic (exact) mass is 323 g/mol. The van der Waals surface area contributed by atoms with Gasteiger partial charge in [-0.3, -0.25) is 4.98 Å². The van der Waals surface area contributed by atoms with E-state index < -0.39 is 16.8 Å². The quantitative estimate of drug-likeness (QED) is 0.898. The minimum absolute atomic E-state index is 0.0267. The molecular formula is C17H22FNO2S. The molecule has 1 unspecified atom stereocenters. The number of halogens is 1. The molecule has 2 rings (SSSR count). The molecule has 0 radical (unpaired) electrons. The van der Waals surface area contributed by atoms with E-state index in [1.807, 2.05) is 33.8 Å². The van der Waals surface area contributed by atoms with Crippen LogP contribution in [0, 0.1) is 11.2 Å². The summed E-state index contributed by atoms with van der Waals surface area (Å²) in [5.41, 5.74) is 0.880. The maximum Gasteiger partial charge on any atom is 0.165 e. The highest BCUT2D eigenvalue weighted by atomic mass is 32.1. The first kappa shape index (κ1) is 16.9. The normalized spacial score (nSPS) is 14.6. The van der Waals surface area contributed by atoms with Crippen molar-refractivity contribution in [1.29, 1.82) is 0 Å². The zero-order valence-corrected chi connectivity index (χ0v) is 14.2. The smallest absolute Gasteiger partial charge is 0.165 e. The van der Waals surface area contributed by atoms with Crippen molar-refractivity contribution in [3.63, 3.8) is 0 Å². The van der Waals surface area contributed by atoms with Crippen LogP contribution in [0.5, 0.6) is 5.75 Å². The highest BCUT2D eigenvalue weighted by Gasteiger charge is 2.44. The predicted molar refractivity (Wildman–Crippen MR) is 86.7 cm³/mol. The molecule has 5 heteroatoms. The van der Waals surface area contributed by atoms with E-state index in [-0.39, 0.29) is 12.4 Å². The molecule has 0 bridgehead atoms. The number of benzene rings is 1. The van der Waals surface area contributed by atoms with Crippen LogP contribution >= 0.6 is 11.3 Å². The summed E-state index contributed by atoms with van der Waals surface area (Å²) in [5.74, 6) is -0.246. The molecule has 0 amide bonds. The first-order chi connectivity index (χ1) is 10.3. The minimum atomic E-state index is -1.23. The van der Waals surface area contributed by atoms with Gasteiger partial charge in [0.2, 0.25) is 0 Å². The Morgan fingerprint density at radius 3 is 2.55 bits per heavy atom. The molecule has 0 saturated heterocycles. The van der Waals surface area contributed by atoms with Crippen molar-refractivity contribution in [2.45, 2.75) is 39.7 Å². The lowest BCUT2D eigenvalue weighted by Gasteiger charge is -2.38. The van der Waals surface area contributed by atoms with E-state index in [0.29, 0.717) is 4.88 Å². The lowest BCUT2D eigenvalue weighted by Crippen LogP contribution is -2.44. The summed E-state index contributed by atoms with van der Waals surface area (Å²) < 4.78 is 19.6. The van der Waals surface area contributed by atoms with Crippen LogP contribution in [0.4, 0.5) is 4.39 Å². The highest BCUT2D eigenvalue weighted by Crippen LogP contribution is 2.41. The minimum Gasteiger partial charge on any atom is -0.487 e. The number of thiazole rings is 1. The number of aromatic nitrogens is 1. The Bertz CT molecular complexity index is 622. The van der Waals surface area contributed by atoms with Crippen LogP contribution in [0.3, 0.4) is 0 Å². The van der Waals surface area contributed by atoms with Gasteiger partial charge in [-0.25, -0.2) is 4.39 Å². The van der Waals surface area contributed by atoms with Gasteiger partial charge in [0.05, 0.1) is 10.4 Å². The van der Waals surface area contributed by atoms with Gasteiger partial charge in [-0.05, 0) is 29.5 Å². The molecule has 1 atom stereocenters. The topological polar surface area (TPSA) is 42.4 Å². The molecule has 22 heavy (non-hydrogen) atoms. The van der Waals surface area contributed by atoms with Crippen molar-refractivity contribution >= 4 is 11.3 Å². The number of hydrogen-bond acceptors (Lipinski definition) is 4. The van der Waals surface area contributed by atoms with Gasteiger partial charge in [-0.15, -0.1) is 11.3 Å².